The van der Waals surface area contributed by atoms with Crippen LogP contribution in [0.4, 0.5) is 22.2 Å². The molecule has 0 radical (unpaired) electrons. The highest BCUT2D eigenvalue weighted by Crippen LogP contribution is 2.34. The number of rotatable bonds is 4. The fourth-order valence-corrected chi connectivity index (χ4v) is 3.58. The number of methoxy groups -OCH3 is 2. The van der Waals surface area contributed by atoms with E-state index in [2.05, 4.69) is 15.3 Å². The van der Waals surface area contributed by atoms with E-state index in [9.17, 15) is 4.79 Å². The lowest BCUT2D eigenvalue weighted by Crippen LogP contribution is -2.50. The second kappa shape index (κ2) is 8.73. The maximum atomic E-state index is 12.5. The predicted molar refractivity (Wildman–Crippen MR) is 121 cm³/mol. The first kappa shape index (κ1) is 20.8. The van der Waals surface area contributed by atoms with Gasteiger partial charge in [0.05, 0.1) is 19.7 Å². The number of hydrogen-bond donors (Lipinski definition) is 2. The summed E-state index contributed by atoms with van der Waals surface area (Å²) in [4.78, 5) is 25.4. The third kappa shape index (κ3) is 4.36. The number of nitrogen functional groups attached to an aromatic ring is 1. The van der Waals surface area contributed by atoms with Crippen molar-refractivity contribution in [2.75, 3.05) is 56.3 Å². The van der Waals surface area contributed by atoms with Crippen LogP contribution < -0.4 is 25.4 Å². The summed E-state index contributed by atoms with van der Waals surface area (Å²) in [6.07, 6.45) is 0. The molecule has 0 atom stereocenters. The predicted octanol–water partition coefficient (Wildman–Crippen LogP) is 3.24. The molecular weight excluding hydrogens is 420 g/mol. The first-order valence-corrected chi connectivity index (χ1v) is 10.1. The van der Waals surface area contributed by atoms with Gasteiger partial charge in [0.15, 0.2) is 11.5 Å². The zero-order valence-electron chi connectivity index (χ0n) is 17.3. The number of halogens is 1. The second-order valence-corrected chi connectivity index (χ2v) is 7.48. The lowest BCUT2D eigenvalue weighted by atomic mass is 10.2. The van der Waals surface area contributed by atoms with Crippen molar-refractivity contribution in [3.8, 4) is 11.5 Å². The van der Waals surface area contributed by atoms with Gasteiger partial charge in [0, 0.05) is 48.3 Å². The molecule has 1 aromatic heterocycles. The van der Waals surface area contributed by atoms with Crippen LogP contribution in [-0.2, 0) is 0 Å². The molecule has 9 nitrogen and oxygen atoms in total. The van der Waals surface area contributed by atoms with Gasteiger partial charge in [-0.25, -0.2) is 9.78 Å². The first-order valence-electron chi connectivity index (χ1n) is 9.74. The van der Waals surface area contributed by atoms with Gasteiger partial charge in [-0.05, 0) is 30.3 Å². The Bertz CT molecular complexity index is 1100. The number of urea groups is 1. The molecule has 1 aliphatic heterocycles. The highest BCUT2D eigenvalue weighted by Gasteiger charge is 2.24. The number of fused-ring (bicyclic) bond motifs is 1. The summed E-state index contributed by atoms with van der Waals surface area (Å²) in [5.74, 6) is 2.03. The number of nitrogens with two attached hydrogens (primary N) is 1. The number of aromatic nitrogens is 2. The van der Waals surface area contributed by atoms with E-state index < -0.39 is 0 Å². The maximum Gasteiger partial charge on any atom is 0.321 e. The number of nitrogens with one attached hydrogen (secondary N) is 1. The van der Waals surface area contributed by atoms with Crippen molar-refractivity contribution in [2.24, 2.45) is 0 Å². The summed E-state index contributed by atoms with van der Waals surface area (Å²) < 4.78 is 10.7. The monoisotopic (exact) mass is 442 g/mol. The number of carbonyl (C=O) groups is 1. The fourth-order valence-electron chi connectivity index (χ4n) is 3.45. The normalized spacial score (nSPS) is 13.9. The average Bonchev–Trinajstić information content (AvgIpc) is 2.79. The quantitative estimate of drug-likeness (QED) is 0.638. The number of ether oxygens (including phenoxy) is 2. The van der Waals surface area contributed by atoms with Crippen LogP contribution in [0.2, 0.25) is 5.02 Å². The van der Waals surface area contributed by atoms with E-state index in [1.165, 1.54) is 0 Å². The third-order valence-corrected chi connectivity index (χ3v) is 5.42. The van der Waals surface area contributed by atoms with Gasteiger partial charge in [-0.15, -0.1) is 0 Å². The molecule has 2 aromatic carbocycles. The molecule has 2 amide bonds. The topological polar surface area (TPSA) is 106 Å². The second-order valence-electron chi connectivity index (χ2n) is 7.04. The molecule has 162 valence electrons. The Hall–Kier alpha value is -3.46. The van der Waals surface area contributed by atoms with Crippen molar-refractivity contribution in [1.82, 2.24) is 14.9 Å². The molecule has 0 aliphatic carbocycles. The molecule has 1 fully saturated rings. The minimum Gasteiger partial charge on any atom is -0.493 e. The van der Waals surface area contributed by atoms with Crippen LogP contribution >= 0.6 is 11.6 Å². The number of benzene rings is 2. The summed E-state index contributed by atoms with van der Waals surface area (Å²) in [5, 5.41) is 4.20. The van der Waals surface area contributed by atoms with E-state index >= 15 is 0 Å². The van der Waals surface area contributed by atoms with Crippen molar-refractivity contribution in [1.29, 1.82) is 0 Å². The van der Waals surface area contributed by atoms with Gasteiger partial charge in [-0.2, -0.15) is 4.98 Å². The van der Waals surface area contributed by atoms with Gasteiger partial charge < -0.3 is 30.3 Å². The van der Waals surface area contributed by atoms with Crippen LogP contribution in [-0.4, -0.2) is 61.3 Å². The Kier molecular flexibility index (Phi) is 5.85. The Balaban J connectivity index is 1.46. The van der Waals surface area contributed by atoms with E-state index in [4.69, 9.17) is 26.8 Å². The Labute approximate surface area is 184 Å². The van der Waals surface area contributed by atoms with E-state index in [-0.39, 0.29) is 6.03 Å². The van der Waals surface area contributed by atoms with Gasteiger partial charge in [0.25, 0.3) is 0 Å². The van der Waals surface area contributed by atoms with Crippen molar-refractivity contribution >= 4 is 46.0 Å². The minimum absolute atomic E-state index is 0.155. The molecule has 0 spiro atoms. The van der Waals surface area contributed by atoms with Crippen LogP contribution in [0.3, 0.4) is 0 Å². The van der Waals surface area contributed by atoms with E-state index in [0.717, 1.165) is 0 Å². The summed E-state index contributed by atoms with van der Waals surface area (Å²) in [5.41, 5.74) is 7.56. The molecule has 31 heavy (non-hydrogen) atoms. The molecule has 0 bridgehead atoms. The third-order valence-electron chi connectivity index (χ3n) is 5.16. The first-order chi connectivity index (χ1) is 15.0. The van der Waals surface area contributed by atoms with Crippen LogP contribution in [0.15, 0.2) is 36.4 Å². The number of nitrogens with zero attached hydrogens (tertiary/aromatic N) is 4. The number of anilines is 3. The van der Waals surface area contributed by atoms with Crippen LogP contribution in [0.5, 0.6) is 11.5 Å². The van der Waals surface area contributed by atoms with Crippen LogP contribution in [0.1, 0.15) is 0 Å². The minimum atomic E-state index is -0.155. The molecule has 1 saturated heterocycles. The van der Waals surface area contributed by atoms with E-state index in [1.807, 2.05) is 4.90 Å². The molecule has 10 heteroatoms. The van der Waals surface area contributed by atoms with Gasteiger partial charge in [-0.1, -0.05) is 11.6 Å². The van der Waals surface area contributed by atoms with Gasteiger partial charge >= 0.3 is 6.03 Å². The van der Waals surface area contributed by atoms with E-state index in [0.29, 0.717) is 71.1 Å². The average molecular weight is 443 g/mol. The highest BCUT2D eigenvalue weighted by molar-refractivity contribution is 6.30. The van der Waals surface area contributed by atoms with E-state index in [1.54, 1.807) is 55.5 Å². The smallest absolute Gasteiger partial charge is 0.321 e. The summed E-state index contributed by atoms with van der Waals surface area (Å²) in [6.45, 7) is 2.25. The van der Waals surface area contributed by atoms with Crippen molar-refractivity contribution in [3.05, 3.63) is 41.4 Å². The van der Waals surface area contributed by atoms with Crippen molar-refractivity contribution in [2.45, 2.75) is 0 Å². The van der Waals surface area contributed by atoms with Gasteiger partial charge in [0.2, 0.25) is 5.95 Å². The highest BCUT2D eigenvalue weighted by atomic mass is 35.5. The lowest BCUT2D eigenvalue weighted by molar-refractivity contribution is 0.208. The molecule has 2 heterocycles. The molecular formula is C21H23ClN6O3. The number of piperazine rings is 1. The molecule has 0 saturated carbocycles. The standard InChI is InChI=1S/C21H23ClN6O3/c1-30-17-11-15-16(12-18(17)31-2)25-20(26-19(15)23)27-7-9-28(10-8-27)21(29)24-14-5-3-13(22)4-6-14/h3-6,11-12H,7-10H2,1-2H3,(H,24,29)(H2,23,25,26). The van der Waals surface area contributed by atoms with Crippen molar-refractivity contribution in [3.63, 3.8) is 0 Å². The molecule has 3 N–H and O–H groups in total. The van der Waals surface area contributed by atoms with Gasteiger partial charge in [0.1, 0.15) is 5.82 Å². The largest absolute Gasteiger partial charge is 0.493 e. The fraction of sp³-hybridized carbons (Fsp3) is 0.286. The molecule has 0 unspecified atom stereocenters. The zero-order valence-corrected chi connectivity index (χ0v) is 18.0. The summed E-state index contributed by atoms with van der Waals surface area (Å²) in [7, 11) is 3.14. The molecule has 3 aromatic rings. The Morgan fingerprint density at radius 3 is 2.32 bits per heavy atom. The maximum absolute atomic E-state index is 12.5. The van der Waals surface area contributed by atoms with Crippen LogP contribution in [0.25, 0.3) is 10.9 Å². The number of carbonyl (C=O) groups excluding carboxylic acids is 1. The van der Waals surface area contributed by atoms with Crippen LogP contribution in [0, 0.1) is 0 Å². The Morgan fingerprint density at radius 2 is 1.68 bits per heavy atom. The number of amides is 2. The van der Waals surface area contributed by atoms with Crippen molar-refractivity contribution < 1.29 is 14.3 Å². The zero-order chi connectivity index (χ0) is 22.0. The summed E-state index contributed by atoms with van der Waals surface area (Å²) >= 11 is 5.89. The number of hydrogen-bond acceptors (Lipinski definition) is 7. The lowest BCUT2D eigenvalue weighted by Gasteiger charge is -2.34. The molecule has 1 aliphatic rings. The summed E-state index contributed by atoms with van der Waals surface area (Å²) in [6, 6.07) is 10.4. The Morgan fingerprint density at radius 1 is 1.03 bits per heavy atom. The SMILES string of the molecule is COc1cc2nc(N3CCN(C(=O)Nc4ccc(Cl)cc4)CC3)nc(N)c2cc1OC. The van der Waals surface area contributed by atoms with Gasteiger partial charge in [-0.3, -0.25) is 0 Å². The molecule has 4 rings (SSSR count).